The molecule has 6 heteroatoms. The summed E-state index contributed by atoms with van der Waals surface area (Å²) in [6.45, 7) is 5.25. The number of carbonyl (C=O) groups is 2. The summed E-state index contributed by atoms with van der Waals surface area (Å²) >= 11 is 0. The van der Waals surface area contributed by atoms with Crippen molar-refractivity contribution in [1.29, 1.82) is 0 Å². The Morgan fingerprint density at radius 3 is 2.56 bits per heavy atom. The molecule has 2 saturated carbocycles. The van der Waals surface area contributed by atoms with Crippen molar-refractivity contribution in [3.05, 3.63) is 60.2 Å². The van der Waals surface area contributed by atoms with Crippen molar-refractivity contribution in [3.8, 4) is 11.5 Å². The maximum absolute atomic E-state index is 13.0. The molecule has 2 aromatic carbocycles. The van der Waals surface area contributed by atoms with Gasteiger partial charge in [-0.3, -0.25) is 4.79 Å². The van der Waals surface area contributed by atoms with Gasteiger partial charge in [-0.15, -0.1) is 0 Å². The molecule has 32 heavy (non-hydrogen) atoms. The average Bonchev–Trinajstić information content (AvgIpc) is 3.31. The highest BCUT2D eigenvalue weighted by molar-refractivity contribution is 5.81. The predicted molar refractivity (Wildman–Crippen MR) is 121 cm³/mol. The first-order chi connectivity index (χ1) is 15.4. The molecule has 0 radical (unpaired) electrons. The molecule has 2 atom stereocenters. The highest BCUT2D eigenvalue weighted by atomic mass is 16.6. The van der Waals surface area contributed by atoms with Crippen LogP contribution in [0.1, 0.15) is 38.7 Å². The van der Waals surface area contributed by atoms with Crippen LogP contribution in [0.25, 0.3) is 0 Å². The van der Waals surface area contributed by atoms with Crippen molar-refractivity contribution >= 4 is 12.0 Å². The van der Waals surface area contributed by atoms with E-state index < -0.39 is 6.09 Å². The van der Waals surface area contributed by atoms with Gasteiger partial charge >= 0.3 is 6.09 Å². The van der Waals surface area contributed by atoms with E-state index in [4.69, 9.17) is 9.47 Å². The minimum Gasteiger partial charge on any atom is -0.457 e. The van der Waals surface area contributed by atoms with Crippen molar-refractivity contribution in [2.45, 2.75) is 50.7 Å². The number of rotatable bonds is 6. The zero-order chi connectivity index (χ0) is 22.3. The van der Waals surface area contributed by atoms with Crippen LogP contribution in [0.15, 0.2) is 54.6 Å². The first-order valence-corrected chi connectivity index (χ1v) is 11.5. The summed E-state index contributed by atoms with van der Waals surface area (Å²) in [6, 6.07) is 18.1. The topological polar surface area (TPSA) is 67.9 Å². The first-order valence-electron chi connectivity index (χ1n) is 11.5. The number of carbonyl (C=O) groups excluding carboxylic acids is 2. The van der Waals surface area contributed by atoms with Crippen LogP contribution in [0.2, 0.25) is 0 Å². The number of amides is 2. The maximum atomic E-state index is 13.0. The van der Waals surface area contributed by atoms with Gasteiger partial charge in [0.2, 0.25) is 5.91 Å². The van der Waals surface area contributed by atoms with Gasteiger partial charge in [0.1, 0.15) is 11.5 Å². The third-order valence-electron chi connectivity index (χ3n) is 7.00. The molecule has 2 amide bonds. The molecule has 2 aromatic rings. The lowest BCUT2D eigenvalue weighted by Crippen LogP contribution is -2.50. The molecule has 2 aliphatic carbocycles. The van der Waals surface area contributed by atoms with Crippen molar-refractivity contribution in [2.75, 3.05) is 13.1 Å². The number of likely N-dealkylation sites (tertiary alicyclic amines) is 1. The molecule has 5 rings (SSSR count). The van der Waals surface area contributed by atoms with Crippen LogP contribution in [0.4, 0.5) is 4.79 Å². The number of ether oxygens (including phenoxy) is 2. The number of nitrogens with zero attached hydrogens (tertiary/aromatic N) is 1. The molecule has 6 nitrogen and oxygen atoms in total. The Balaban J connectivity index is 1.17. The van der Waals surface area contributed by atoms with Gasteiger partial charge in [0.15, 0.2) is 0 Å². The second kappa shape index (κ2) is 8.15. The van der Waals surface area contributed by atoms with E-state index in [1.807, 2.05) is 61.2 Å². The van der Waals surface area contributed by atoms with Gasteiger partial charge in [-0.1, -0.05) is 30.3 Å². The molecule has 3 fully saturated rings. The third-order valence-corrected chi connectivity index (χ3v) is 7.00. The second-order valence-corrected chi connectivity index (χ2v) is 9.68. The summed E-state index contributed by atoms with van der Waals surface area (Å²) in [5, 5.41) is 2.85. The predicted octanol–water partition coefficient (Wildman–Crippen LogP) is 4.49. The lowest BCUT2D eigenvalue weighted by atomic mass is 9.79. The van der Waals surface area contributed by atoms with Gasteiger partial charge in [-0.25, -0.2) is 4.79 Å². The molecule has 0 bridgehead atoms. The van der Waals surface area contributed by atoms with Gasteiger partial charge in [0.25, 0.3) is 0 Å². The maximum Gasteiger partial charge on any atom is 0.407 e. The van der Waals surface area contributed by atoms with Crippen molar-refractivity contribution < 1.29 is 19.1 Å². The molecule has 1 N–H and O–H groups in total. The monoisotopic (exact) mass is 434 g/mol. The van der Waals surface area contributed by atoms with Crippen molar-refractivity contribution in [3.63, 3.8) is 0 Å². The first kappa shape index (κ1) is 20.9. The van der Waals surface area contributed by atoms with Crippen molar-refractivity contribution in [1.82, 2.24) is 10.2 Å². The van der Waals surface area contributed by atoms with Gasteiger partial charge in [0, 0.05) is 30.5 Å². The molecular weight excluding hydrogens is 404 g/mol. The normalized spacial score (nSPS) is 28.0. The highest BCUT2D eigenvalue weighted by Crippen LogP contribution is 2.59. The fourth-order valence-electron chi connectivity index (χ4n) is 5.20. The Morgan fingerprint density at radius 1 is 1.06 bits per heavy atom. The Kier molecular flexibility index (Phi) is 5.31. The summed E-state index contributed by atoms with van der Waals surface area (Å²) in [7, 11) is 0. The zero-order valence-electron chi connectivity index (χ0n) is 18.6. The van der Waals surface area contributed by atoms with Gasteiger partial charge in [-0.2, -0.15) is 0 Å². The molecule has 0 spiro atoms. The molecule has 168 valence electrons. The van der Waals surface area contributed by atoms with Crippen LogP contribution < -0.4 is 10.1 Å². The van der Waals surface area contributed by atoms with E-state index in [1.54, 1.807) is 0 Å². The molecule has 1 heterocycles. The number of para-hydroxylation sites is 1. The summed E-state index contributed by atoms with van der Waals surface area (Å²) in [5.74, 6) is 2.40. The lowest BCUT2D eigenvalue weighted by molar-refractivity contribution is -0.138. The largest absolute Gasteiger partial charge is 0.457 e. The van der Waals surface area contributed by atoms with Crippen molar-refractivity contribution in [2.24, 2.45) is 11.8 Å². The fourth-order valence-corrected chi connectivity index (χ4v) is 5.20. The number of hydrogen-bond donors (Lipinski definition) is 1. The molecule has 1 saturated heterocycles. The number of nitrogens with one attached hydrogen (secondary N) is 1. The minimum atomic E-state index is -0.394. The molecule has 2 unspecified atom stereocenters. The van der Waals surface area contributed by atoms with E-state index in [2.05, 4.69) is 17.4 Å². The molecule has 0 aromatic heterocycles. The van der Waals surface area contributed by atoms with E-state index in [0.717, 1.165) is 31.0 Å². The number of piperidine rings is 1. The Labute approximate surface area is 188 Å². The van der Waals surface area contributed by atoms with Crippen LogP contribution in [0.3, 0.4) is 0 Å². The summed E-state index contributed by atoms with van der Waals surface area (Å²) in [5.41, 5.74) is 1.32. The van der Waals surface area contributed by atoms with Crippen LogP contribution in [0, 0.1) is 11.8 Å². The smallest absolute Gasteiger partial charge is 0.407 e. The standard InChI is InChI=1S/C26H30N2O4/c1-17(2)31-25(30)27-21-11-18(12-21)24(29)28-15-20-14-26(20,16-28)19-7-6-10-23(13-19)32-22-8-4-3-5-9-22/h3-10,13,17-18,20-21H,11-12,14-16H2,1-2H3,(H,27,30). The van der Waals surface area contributed by atoms with Gasteiger partial charge in [0.05, 0.1) is 6.10 Å². The van der Waals surface area contributed by atoms with E-state index in [-0.39, 0.29) is 29.4 Å². The fraction of sp³-hybridized carbons (Fsp3) is 0.462. The van der Waals surface area contributed by atoms with Gasteiger partial charge < -0.3 is 19.7 Å². The van der Waals surface area contributed by atoms with E-state index in [0.29, 0.717) is 18.8 Å². The molecular formula is C26H30N2O4. The van der Waals surface area contributed by atoms with E-state index >= 15 is 0 Å². The number of fused-ring (bicyclic) bond motifs is 1. The lowest BCUT2D eigenvalue weighted by Gasteiger charge is -2.37. The van der Waals surface area contributed by atoms with Gasteiger partial charge in [-0.05, 0) is 68.9 Å². The quantitative estimate of drug-likeness (QED) is 0.727. The highest BCUT2D eigenvalue weighted by Gasteiger charge is 2.62. The Bertz CT molecular complexity index is 1000. The number of alkyl carbamates (subject to hydrolysis) is 1. The van der Waals surface area contributed by atoms with Crippen LogP contribution in [-0.2, 0) is 14.9 Å². The van der Waals surface area contributed by atoms with E-state index in [1.165, 1.54) is 5.56 Å². The zero-order valence-corrected chi connectivity index (χ0v) is 18.6. The molecule has 3 aliphatic rings. The number of benzene rings is 2. The summed E-state index contributed by atoms with van der Waals surface area (Å²) < 4.78 is 11.1. The third kappa shape index (κ3) is 4.06. The summed E-state index contributed by atoms with van der Waals surface area (Å²) in [6.07, 6.45) is 1.98. The molecule has 1 aliphatic heterocycles. The van der Waals surface area contributed by atoms with E-state index in [9.17, 15) is 9.59 Å². The minimum absolute atomic E-state index is 0.00153. The SMILES string of the molecule is CC(C)OC(=O)NC1CC(C(=O)N2CC3CC3(c3cccc(Oc4ccccc4)c3)C2)C1. The van der Waals surface area contributed by atoms with Crippen LogP contribution >= 0.6 is 0 Å². The summed E-state index contributed by atoms with van der Waals surface area (Å²) in [4.78, 5) is 26.8. The Morgan fingerprint density at radius 2 is 1.81 bits per heavy atom. The second-order valence-electron chi connectivity index (χ2n) is 9.68. The number of hydrogen-bond acceptors (Lipinski definition) is 4. The average molecular weight is 435 g/mol. The Hall–Kier alpha value is -3.02. The van der Waals surface area contributed by atoms with Crippen LogP contribution in [0.5, 0.6) is 11.5 Å². The van der Waals surface area contributed by atoms with Crippen LogP contribution in [-0.4, -0.2) is 42.1 Å².